The number of aryl methyl sites for hydroxylation is 1. The third kappa shape index (κ3) is 2.21. The van der Waals surface area contributed by atoms with Gasteiger partial charge in [0.1, 0.15) is 5.82 Å². The third-order valence-corrected chi connectivity index (χ3v) is 1.60. The highest BCUT2D eigenvalue weighted by Gasteiger charge is 2.09. The molecule has 1 aromatic carbocycles. The topological polar surface area (TPSA) is 29.4 Å². The van der Waals surface area contributed by atoms with Gasteiger partial charge in [-0.15, -0.1) is 0 Å². The van der Waals surface area contributed by atoms with Crippen molar-refractivity contribution < 1.29 is 9.18 Å². The van der Waals surface area contributed by atoms with Crippen molar-refractivity contribution in [1.82, 2.24) is 0 Å². The van der Waals surface area contributed by atoms with E-state index in [4.69, 9.17) is 0 Å². The van der Waals surface area contributed by atoms with Crippen LogP contribution in [0.25, 0.3) is 0 Å². The SMILES string of the molecule is CC=NC(=O)c1cc(C)ccc1F. The molecule has 0 radical (unpaired) electrons. The number of nitrogens with zero attached hydrogens (tertiary/aromatic N) is 1. The fraction of sp³-hybridized carbons (Fsp3) is 0.200. The first-order valence-corrected chi connectivity index (χ1v) is 3.94. The first kappa shape index (κ1) is 9.58. The summed E-state index contributed by atoms with van der Waals surface area (Å²) in [6.45, 7) is 3.41. The molecule has 0 unspecified atom stereocenters. The molecule has 1 amide bonds. The average molecular weight is 179 g/mol. The highest BCUT2D eigenvalue weighted by Crippen LogP contribution is 2.10. The molecule has 0 aliphatic heterocycles. The van der Waals surface area contributed by atoms with Gasteiger partial charge in [-0.1, -0.05) is 11.6 Å². The van der Waals surface area contributed by atoms with Crippen LogP contribution in [-0.4, -0.2) is 12.1 Å². The van der Waals surface area contributed by atoms with E-state index in [1.807, 2.05) is 0 Å². The van der Waals surface area contributed by atoms with Crippen molar-refractivity contribution in [2.24, 2.45) is 4.99 Å². The zero-order valence-corrected chi connectivity index (χ0v) is 7.54. The van der Waals surface area contributed by atoms with Crippen LogP contribution in [-0.2, 0) is 0 Å². The summed E-state index contributed by atoms with van der Waals surface area (Å²) in [7, 11) is 0. The summed E-state index contributed by atoms with van der Waals surface area (Å²) in [6, 6.07) is 4.38. The highest BCUT2D eigenvalue weighted by atomic mass is 19.1. The number of amides is 1. The van der Waals surface area contributed by atoms with Gasteiger partial charge in [-0.2, -0.15) is 0 Å². The molecule has 1 rings (SSSR count). The molecule has 0 atom stereocenters. The lowest BCUT2D eigenvalue weighted by Crippen LogP contribution is -1.99. The molecule has 13 heavy (non-hydrogen) atoms. The van der Waals surface area contributed by atoms with Gasteiger partial charge in [-0.05, 0) is 26.0 Å². The van der Waals surface area contributed by atoms with E-state index < -0.39 is 11.7 Å². The molecule has 0 heterocycles. The Bertz CT molecular complexity index is 358. The second kappa shape index (κ2) is 3.94. The Balaban J connectivity index is 3.13. The maximum atomic E-state index is 13.0. The van der Waals surface area contributed by atoms with Crippen LogP contribution in [0.4, 0.5) is 4.39 Å². The minimum absolute atomic E-state index is 0.0260. The van der Waals surface area contributed by atoms with Gasteiger partial charge >= 0.3 is 0 Å². The predicted molar refractivity (Wildman–Crippen MR) is 49.6 cm³/mol. The third-order valence-electron chi connectivity index (χ3n) is 1.60. The Hall–Kier alpha value is -1.51. The Morgan fingerprint density at radius 1 is 1.54 bits per heavy atom. The van der Waals surface area contributed by atoms with Crippen molar-refractivity contribution >= 4 is 12.1 Å². The molecular formula is C10H10FNO. The lowest BCUT2D eigenvalue weighted by molar-refractivity contribution is 0.0999. The van der Waals surface area contributed by atoms with Gasteiger partial charge in [0.25, 0.3) is 5.91 Å². The monoisotopic (exact) mass is 179 g/mol. The number of hydrogen-bond acceptors (Lipinski definition) is 1. The molecule has 2 nitrogen and oxygen atoms in total. The largest absolute Gasteiger partial charge is 0.279 e. The molecule has 0 aromatic heterocycles. The first-order valence-electron chi connectivity index (χ1n) is 3.94. The van der Waals surface area contributed by atoms with E-state index in [0.717, 1.165) is 5.56 Å². The lowest BCUT2D eigenvalue weighted by Gasteiger charge is -1.98. The predicted octanol–water partition coefficient (Wildman–Crippen LogP) is 2.37. The van der Waals surface area contributed by atoms with E-state index in [9.17, 15) is 9.18 Å². The molecule has 1 aromatic rings. The van der Waals surface area contributed by atoms with Crippen LogP contribution in [0.5, 0.6) is 0 Å². The van der Waals surface area contributed by atoms with Crippen LogP contribution in [0.15, 0.2) is 23.2 Å². The van der Waals surface area contributed by atoms with Crippen molar-refractivity contribution in [2.45, 2.75) is 13.8 Å². The zero-order chi connectivity index (χ0) is 9.84. The van der Waals surface area contributed by atoms with Crippen molar-refractivity contribution in [3.05, 3.63) is 35.1 Å². The van der Waals surface area contributed by atoms with Gasteiger partial charge < -0.3 is 0 Å². The summed E-state index contributed by atoms with van der Waals surface area (Å²) in [5.74, 6) is -1.06. The minimum atomic E-state index is -0.538. The summed E-state index contributed by atoms with van der Waals surface area (Å²) in [4.78, 5) is 14.7. The summed E-state index contributed by atoms with van der Waals surface area (Å²) in [6.07, 6.45) is 1.35. The van der Waals surface area contributed by atoms with Crippen LogP contribution < -0.4 is 0 Å². The summed E-state index contributed by atoms with van der Waals surface area (Å²) in [5, 5.41) is 0. The molecule has 0 N–H and O–H groups in total. The lowest BCUT2D eigenvalue weighted by atomic mass is 10.1. The molecule has 0 spiro atoms. The van der Waals surface area contributed by atoms with Crippen LogP contribution >= 0.6 is 0 Å². The molecule has 0 saturated carbocycles. The number of aliphatic imine (C=N–C) groups is 1. The van der Waals surface area contributed by atoms with E-state index in [-0.39, 0.29) is 5.56 Å². The highest BCUT2D eigenvalue weighted by molar-refractivity contribution is 5.98. The van der Waals surface area contributed by atoms with E-state index in [1.54, 1.807) is 19.9 Å². The van der Waals surface area contributed by atoms with E-state index in [1.165, 1.54) is 18.3 Å². The van der Waals surface area contributed by atoms with Crippen molar-refractivity contribution in [2.75, 3.05) is 0 Å². The summed E-state index contributed by atoms with van der Waals surface area (Å²) >= 11 is 0. The van der Waals surface area contributed by atoms with E-state index >= 15 is 0 Å². The molecule has 68 valence electrons. The van der Waals surface area contributed by atoms with Crippen molar-refractivity contribution in [3.8, 4) is 0 Å². The second-order valence-corrected chi connectivity index (χ2v) is 2.68. The van der Waals surface area contributed by atoms with Crippen molar-refractivity contribution in [1.29, 1.82) is 0 Å². The zero-order valence-electron chi connectivity index (χ0n) is 7.54. The van der Waals surface area contributed by atoms with Crippen LogP contribution in [0.2, 0.25) is 0 Å². The standard InChI is InChI=1S/C10H10FNO/c1-3-12-10(13)8-6-7(2)4-5-9(8)11/h3-6H,1-2H3. The molecule has 0 bridgehead atoms. The molecule has 0 fully saturated rings. The summed E-state index contributed by atoms with van der Waals surface area (Å²) in [5.41, 5.74) is 0.870. The van der Waals surface area contributed by atoms with Gasteiger partial charge in [0.15, 0.2) is 0 Å². The smallest absolute Gasteiger partial charge is 0.267 e. The average Bonchev–Trinajstić information content (AvgIpc) is 2.09. The molecule has 3 heteroatoms. The number of carbonyl (C=O) groups excluding carboxylic acids is 1. The summed E-state index contributed by atoms with van der Waals surface area (Å²) < 4.78 is 13.0. The van der Waals surface area contributed by atoms with Gasteiger partial charge in [-0.25, -0.2) is 9.38 Å². The number of rotatable bonds is 1. The number of benzene rings is 1. The Morgan fingerprint density at radius 2 is 2.23 bits per heavy atom. The molecule has 0 saturated heterocycles. The fourth-order valence-electron chi connectivity index (χ4n) is 0.990. The van der Waals surface area contributed by atoms with Crippen LogP contribution in [0, 0.1) is 12.7 Å². The Kier molecular flexibility index (Phi) is 2.90. The quantitative estimate of drug-likeness (QED) is 0.608. The van der Waals surface area contributed by atoms with Gasteiger partial charge in [0.05, 0.1) is 5.56 Å². The minimum Gasteiger partial charge on any atom is -0.267 e. The maximum absolute atomic E-state index is 13.0. The van der Waals surface area contributed by atoms with Gasteiger partial charge in [-0.3, -0.25) is 4.79 Å². The Labute approximate surface area is 76.1 Å². The molecule has 0 aliphatic carbocycles. The van der Waals surface area contributed by atoms with E-state index in [2.05, 4.69) is 4.99 Å². The van der Waals surface area contributed by atoms with E-state index in [0.29, 0.717) is 0 Å². The van der Waals surface area contributed by atoms with Crippen molar-refractivity contribution in [3.63, 3.8) is 0 Å². The molecular weight excluding hydrogens is 169 g/mol. The fourth-order valence-corrected chi connectivity index (χ4v) is 0.990. The first-order chi connectivity index (χ1) is 6.15. The van der Waals surface area contributed by atoms with Crippen LogP contribution in [0.3, 0.4) is 0 Å². The number of hydrogen-bond donors (Lipinski definition) is 0. The second-order valence-electron chi connectivity index (χ2n) is 2.68. The molecule has 0 aliphatic rings. The normalized spacial score (nSPS) is 10.7. The van der Waals surface area contributed by atoms with Gasteiger partial charge in [0.2, 0.25) is 0 Å². The maximum Gasteiger partial charge on any atom is 0.279 e. The number of halogens is 1. The number of carbonyl (C=O) groups is 1. The Morgan fingerprint density at radius 3 is 2.85 bits per heavy atom. The van der Waals surface area contributed by atoms with Gasteiger partial charge in [0, 0.05) is 6.21 Å². The van der Waals surface area contributed by atoms with Crippen LogP contribution in [0.1, 0.15) is 22.8 Å².